The molecule has 1 aromatic carbocycles. The van der Waals surface area contributed by atoms with Gasteiger partial charge in [-0.15, -0.1) is 0 Å². The third-order valence-corrected chi connectivity index (χ3v) is 5.56. The third-order valence-electron chi connectivity index (χ3n) is 3.38. The molecule has 3 rings (SSSR count). The summed E-state index contributed by atoms with van der Waals surface area (Å²) < 4.78 is 30.3. The number of rotatable bonds is 2. The van der Waals surface area contributed by atoms with Gasteiger partial charge < -0.3 is 9.52 Å². The summed E-state index contributed by atoms with van der Waals surface area (Å²) in [5.41, 5.74) is 0.629. The molecule has 0 aliphatic carbocycles. The van der Waals surface area contributed by atoms with Crippen LogP contribution in [0.3, 0.4) is 0 Å². The summed E-state index contributed by atoms with van der Waals surface area (Å²) in [6.07, 6.45) is 0. The summed E-state index contributed by atoms with van der Waals surface area (Å²) in [4.78, 5) is 11.1. The van der Waals surface area contributed by atoms with E-state index in [1.54, 1.807) is 12.1 Å². The number of carboxylic acid groups (broad SMARTS) is 1. The molecule has 1 aliphatic rings. The van der Waals surface area contributed by atoms with E-state index in [0.29, 0.717) is 11.3 Å². The number of hydrogen-bond donors (Lipinski definition) is 2. The van der Waals surface area contributed by atoms with E-state index in [9.17, 15) is 13.2 Å². The van der Waals surface area contributed by atoms with Crippen molar-refractivity contribution in [3.63, 3.8) is 0 Å². The molecule has 0 saturated carbocycles. The first kappa shape index (κ1) is 14.6. The molecule has 2 atom stereocenters. The molecule has 2 heterocycles. The molecule has 0 bridgehead atoms. The smallest absolute Gasteiger partial charge is 0.321 e. The Morgan fingerprint density at radius 2 is 2.10 bits per heavy atom. The molecule has 1 saturated heterocycles. The quantitative estimate of drug-likeness (QED) is 0.831. The van der Waals surface area contributed by atoms with E-state index in [-0.39, 0.29) is 5.75 Å². The summed E-state index contributed by atoms with van der Waals surface area (Å²) in [6, 6.07) is 5.41. The standard InChI is InChI=1S/C13H12BrNO5S/c14-8-1-2-11-7(3-8)4-12(20-11)9-5-21(18,19)6-10(15-9)13(16)17/h1-4,9-10,15H,5-6H2,(H,16,17). The number of fused-ring (bicyclic) bond motifs is 1. The van der Waals surface area contributed by atoms with Crippen molar-refractivity contribution >= 4 is 42.7 Å². The van der Waals surface area contributed by atoms with Crippen molar-refractivity contribution in [3.8, 4) is 0 Å². The van der Waals surface area contributed by atoms with Crippen LogP contribution in [0.1, 0.15) is 11.8 Å². The Morgan fingerprint density at radius 1 is 1.33 bits per heavy atom. The molecular formula is C13H12BrNO5S. The minimum atomic E-state index is -3.43. The molecule has 21 heavy (non-hydrogen) atoms. The Bertz CT molecular complexity index is 813. The summed E-state index contributed by atoms with van der Waals surface area (Å²) in [5.74, 6) is -1.32. The van der Waals surface area contributed by atoms with E-state index >= 15 is 0 Å². The van der Waals surface area contributed by atoms with E-state index in [2.05, 4.69) is 21.2 Å². The Morgan fingerprint density at radius 3 is 2.81 bits per heavy atom. The van der Waals surface area contributed by atoms with Crippen molar-refractivity contribution < 1.29 is 22.7 Å². The van der Waals surface area contributed by atoms with Gasteiger partial charge in [0.2, 0.25) is 0 Å². The first-order valence-electron chi connectivity index (χ1n) is 6.22. The number of hydrogen-bond acceptors (Lipinski definition) is 5. The van der Waals surface area contributed by atoms with Gasteiger partial charge in [0.25, 0.3) is 0 Å². The first-order chi connectivity index (χ1) is 9.84. The highest BCUT2D eigenvalue weighted by molar-refractivity contribution is 9.10. The zero-order valence-corrected chi connectivity index (χ0v) is 13.1. The second kappa shape index (κ2) is 5.11. The second-order valence-corrected chi connectivity index (χ2v) is 8.09. The average molecular weight is 374 g/mol. The number of furan rings is 1. The molecule has 1 aromatic heterocycles. The van der Waals surface area contributed by atoms with Gasteiger partial charge in [-0.3, -0.25) is 10.1 Å². The lowest BCUT2D eigenvalue weighted by Crippen LogP contribution is -2.51. The molecule has 2 unspecified atom stereocenters. The van der Waals surface area contributed by atoms with Crippen LogP contribution in [-0.2, 0) is 14.6 Å². The highest BCUT2D eigenvalue weighted by Crippen LogP contribution is 2.29. The fourth-order valence-corrected chi connectivity index (χ4v) is 4.46. The van der Waals surface area contributed by atoms with Gasteiger partial charge >= 0.3 is 5.97 Å². The largest absolute Gasteiger partial charge is 0.480 e. The van der Waals surface area contributed by atoms with Crippen LogP contribution in [0.25, 0.3) is 11.0 Å². The summed E-state index contributed by atoms with van der Waals surface area (Å²) in [5, 5.41) is 12.7. The van der Waals surface area contributed by atoms with Crippen molar-refractivity contribution in [2.45, 2.75) is 12.1 Å². The van der Waals surface area contributed by atoms with Gasteiger partial charge in [0.15, 0.2) is 9.84 Å². The molecule has 6 nitrogen and oxygen atoms in total. The maximum atomic E-state index is 11.9. The lowest BCUT2D eigenvalue weighted by Gasteiger charge is -2.27. The van der Waals surface area contributed by atoms with Crippen molar-refractivity contribution in [1.29, 1.82) is 0 Å². The molecule has 1 aliphatic heterocycles. The molecule has 0 radical (unpaired) electrons. The van der Waals surface area contributed by atoms with Crippen LogP contribution in [-0.4, -0.2) is 37.0 Å². The van der Waals surface area contributed by atoms with Crippen LogP contribution in [0, 0.1) is 0 Å². The normalized spacial score (nSPS) is 25.0. The number of halogens is 1. The van der Waals surface area contributed by atoms with Crippen molar-refractivity contribution in [1.82, 2.24) is 5.32 Å². The Kier molecular flexibility index (Phi) is 3.54. The molecule has 2 aromatic rings. The minimum absolute atomic E-state index is 0.169. The number of aliphatic carboxylic acids is 1. The van der Waals surface area contributed by atoms with Crippen molar-refractivity contribution in [2.75, 3.05) is 11.5 Å². The number of nitrogens with one attached hydrogen (secondary N) is 1. The van der Waals surface area contributed by atoms with Crippen LogP contribution < -0.4 is 5.32 Å². The zero-order valence-electron chi connectivity index (χ0n) is 10.7. The zero-order chi connectivity index (χ0) is 15.2. The highest BCUT2D eigenvalue weighted by atomic mass is 79.9. The maximum absolute atomic E-state index is 11.9. The Balaban J connectivity index is 1.98. The number of carboxylic acids is 1. The van der Waals surface area contributed by atoms with Gasteiger partial charge in [0, 0.05) is 9.86 Å². The molecule has 8 heteroatoms. The van der Waals surface area contributed by atoms with Crippen LogP contribution in [0.15, 0.2) is 33.2 Å². The fourth-order valence-electron chi connectivity index (χ4n) is 2.43. The predicted molar refractivity (Wildman–Crippen MR) is 79.9 cm³/mol. The van der Waals surface area contributed by atoms with Crippen molar-refractivity contribution in [2.24, 2.45) is 0 Å². The molecule has 0 spiro atoms. The number of benzene rings is 1. The van der Waals surface area contributed by atoms with Gasteiger partial charge in [-0.2, -0.15) is 0 Å². The minimum Gasteiger partial charge on any atom is -0.480 e. The van der Waals surface area contributed by atoms with Crippen LogP contribution >= 0.6 is 15.9 Å². The third kappa shape index (κ3) is 2.97. The van der Waals surface area contributed by atoms with E-state index in [1.165, 1.54) is 0 Å². The summed E-state index contributed by atoms with van der Waals surface area (Å²) in [6.45, 7) is 0. The average Bonchev–Trinajstić information content (AvgIpc) is 2.79. The Hall–Kier alpha value is -1.38. The fraction of sp³-hybridized carbons (Fsp3) is 0.308. The molecular weight excluding hydrogens is 362 g/mol. The van der Waals surface area contributed by atoms with Crippen molar-refractivity contribution in [3.05, 3.63) is 34.5 Å². The molecule has 0 amide bonds. The number of carbonyl (C=O) groups is 1. The molecule has 112 valence electrons. The number of sulfone groups is 1. The maximum Gasteiger partial charge on any atom is 0.321 e. The topological polar surface area (TPSA) is 96.6 Å². The Labute approximate surface area is 129 Å². The van der Waals surface area contributed by atoms with Crippen LogP contribution in [0.2, 0.25) is 0 Å². The van der Waals surface area contributed by atoms with Crippen LogP contribution in [0.5, 0.6) is 0 Å². The van der Waals surface area contributed by atoms with Gasteiger partial charge in [-0.25, -0.2) is 8.42 Å². The lowest BCUT2D eigenvalue weighted by molar-refractivity contribution is -0.139. The molecule has 2 N–H and O–H groups in total. The predicted octanol–water partition coefficient (Wildman–Crippen LogP) is 1.71. The van der Waals surface area contributed by atoms with Gasteiger partial charge in [0.05, 0.1) is 17.5 Å². The highest BCUT2D eigenvalue weighted by Gasteiger charge is 2.37. The monoisotopic (exact) mass is 373 g/mol. The van der Waals surface area contributed by atoms with E-state index in [4.69, 9.17) is 9.52 Å². The molecule has 1 fully saturated rings. The SMILES string of the molecule is O=C(O)C1CS(=O)(=O)CC(c2cc3cc(Br)ccc3o2)N1. The first-order valence-corrected chi connectivity index (χ1v) is 8.84. The second-order valence-electron chi connectivity index (χ2n) is 5.02. The van der Waals surface area contributed by atoms with Gasteiger partial charge in [-0.1, -0.05) is 15.9 Å². The van der Waals surface area contributed by atoms with E-state index in [1.807, 2.05) is 12.1 Å². The lowest BCUT2D eigenvalue weighted by atomic mass is 10.2. The summed E-state index contributed by atoms with van der Waals surface area (Å²) >= 11 is 3.35. The summed E-state index contributed by atoms with van der Waals surface area (Å²) in [7, 11) is -3.43. The van der Waals surface area contributed by atoms with E-state index in [0.717, 1.165) is 9.86 Å². The van der Waals surface area contributed by atoms with Crippen LogP contribution in [0.4, 0.5) is 0 Å². The van der Waals surface area contributed by atoms with Gasteiger partial charge in [-0.05, 0) is 24.3 Å². The van der Waals surface area contributed by atoms with Gasteiger partial charge in [0.1, 0.15) is 17.4 Å². The van der Waals surface area contributed by atoms with E-state index < -0.39 is 33.6 Å².